The zero-order chi connectivity index (χ0) is 27.7. The molecule has 2 aromatic carbocycles. The summed E-state index contributed by atoms with van der Waals surface area (Å²) >= 11 is 7.30. The molecule has 1 aromatic heterocycles. The molecular formula is C25H26ClN5O6S. The fourth-order valence-corrected chi connectivity index (χ4v) is 4.22. The van der Waals surface area contributed by atoms with Crippen LogP contribution in [0.15, 0.2) is 54.2 Å². The number of anilines is 1. The van der Waals surface area contributed by atoms with Crippen molar-refractivity contribution in [3.63, 3.8) is 0 Å². The molecule has 13 heteroatoms. The minimum Gasteiger partial charge on any atom is -0.493 e. The third kappa shape index (κ3) is 7.05. The Morgan fingerprint density at radius 3 is 2.47 bits per heavy atom. The molecular weight excluding hydrogens is 534 g/mol. The van der Waals surface area contributed by atoms with Gasteiger partial charge in [0.25, 0.3) is 5.91 Å². The number of carbonyl (C=O) groups is 3. The fraction of sp³-hybridized carbons (Fsp3) is 0.240. The maximum atomic E-state index is 12.7. The third-order valence-corrected chi connectivity index (χ3v) is 6.45. The molecule has 11 nitrogen and oxygen atoms in total. The molecule has 38 heavy (non-hydrogen) atoms. The number of ether oxygens (including phenoxy) is 3. The van der Waals surface area contributed by atoms with Crippen LogP contribution in [0.1, 0.15) is 26.5 Å². The third-order valence-electron chi connectivity index (χ3n) is 5.15. The average molecular weight is 560 g/mol. The Kier molecular flexibility index (Phi) is 10.1. The van der Waals surface area contributed by atoms with Gasteiger partial charge in [-0.2, -0.15) is 0 Å². The summed E-state index contributed by atoms with van der Waals surface area (Å²) in [5, 5.41) is 14.5. The summed E-state index contributed by atoms with van der Waals surface area (Å²) < 4.78 is 16.9. The maximum Gasteiger partial charge on any atom is 0.337 e. The number of methoxy groups -OCH3 is 3. The predicted molar refractivity (Wildman–Crippen MR) is 143 cm³/mol. The van der Waals surface area contributed by atoms with E-state index in [2.05, 4.69) is 27.4 Å². The molecule has 0 saturated heterocycles. The van der Waals surface area contributed by atoms with Crippen LogP contribution in [0.5, 0.6) is 11.5 Å². The molecule has 0 radical (unpaired) electrons. The molecule has 3 rings (SSSR count). The van der Waals surface area contributed by atoms with Gasteiger partial charge in [-0.1, -0.05) is 29.4 Å². The van der Waals surface area contributed by atoms with Crippen molar-refractivity contribution in [2.45, 2.75) is 18.2 Å². The molecule has 0 atom stereocenters. The van der Waals surface area contributed by atoms with Gasteiger partial charge in [0.05, 0.1) is 49.9 Å². The largest absolute Gasteiger partial charge is 0.493 e. The Morgan fingerprint density at radius 2 is 1.79 bits per heavy atom. The number of rotatable bonds is 12. The molecule has 0 bridgehead atoms. The van der Waals surface area contributed by atoms with Crippen molar-refractivity contribution in [1.29, 1.82) is 0 Å². The average Bonchev–Trinajstić information content (AvgIpc) is 3.32. The van der Waals surface area contributed by atoms with Crippen LogP contribution in [0.4, 0.5) is 5.69 Å². The smallest absolute Gasteiger partial charge is 0.337 e. The summed E-state index contributed by atoms with van der Waals surface area (Å²) in [7, 11) is 4.27. The molecule has 0 spiro atoms. The van der Waals surface area contributed by atoms with Gasteiger partial charge in [-0.15, -0.1) is 16.8 Å². The quantitative estimate of drug-likeness (QED) is 0.194. The minimum absolute atomic E-state index is 0.00788. The number of aromatic nitrogens is 3. The zero-order valence-corrected chi connectivity index (χ0v) is 22.5. The summed E-state index contributed by atoms with van der Waals surface area (Å²) in [5.74, 6) is 0.176. The predicted octanol–water partition coefficient (Wildman–Crippen LogP) is 3.58. The van der Waals surface area contributed by atoms with Gasteiger partial charge in [-0.3, -0.25) is 9.59 Å². The second-order valence-electron chi connectivity index (χ2n) is 7.57. The Labute approximate surface area is 228 Å². The van der Waals surface area contributed by atoms with Crippen LogP contribution in [0, 0.1) is 0 Å². The molecule has 0 aliphatic carbocycles. The van der Waals surface area contributed by atoms with Crippen LogP contribution in [-0.2, 0) is 22.6 Å². The van der Waals surface area contributed by atoms with Crippen molar-refractivity contribution in [3.8, 4) is 11.5 Å². The number of carbonyl (C=O) groups excluding carboxylic acids is 3. The number of hydrogen-bond acceptors (Lipinski definition) is 9. The van der Waals surface area contributed by atoms with Gasteiger partial charge in [-0.05, 0) is 36.4 Å². The number of allylic oxidation sites excluding steroid dienone is 1. The highest BCUT2D eigenvalue weighted by molar-refractivity contribution is 7.99. The topological polar surface area (TPSA) is 134 Å². The van der Waals surface area contributed by atoms with Gasteiger partial charge in [0.1, 0.15) is 0 Å². The second-order valence-corrected chi connectivity index (χ2v) is 8.92. The van der Waals surface area contributed by atoms with Crippen molar-refractivity contribution in [2.75, 3.05) is 32.4 Å². The van der Waals surface area contributed by atoms with Crippen molar-refractivity contribution in [1.82, 2.24) is 20.1 Å². The van der Waals surface area contributed by atoms with Gasteiger partial charge >= 0.3 is 5.97 Å². The van der Waals surface area contributed by atoms with Gasteiger partial charge < -0.3 is 29.4 Å². The van der Waals surface area contributed by atoms with E-state index in [-0.39, 0.29) is 40.4 Å². The summed E-state index contributed by atoms with van der Waals surface area (Å²) in [4.78, 5) is 37.0. The van der Waals surface area contributed by atoms with Crippen LogP contribution in [0.2, 0.25) is 5.02 Å². The van der Waals surface area contributed by atoms with Crippen molar-refractivity contribution in [2.24, 2.45) is 0 Å². The van der Waals surface area contributed by atoms with Gasteiger partial charge in [0.2, 0.25) is 5.91 Å². The second kappa shape index (κ2) is 13.5. The lowest BCUT2D eigenvalue weighted by atomic mass is 10.2. The van der Waals surface area contributed by atoms with Crippen molar-refractivity contribution in [3.05, 3.63) is 71.0 Å². The van der Waals surface area contributed by atoms with E-state index in [0.29, 0.717) is 34.6 Å². The molecule has 200 valence electrons. The number of nitrogens with zero attached hydrogens (tertiary/aromatic N) is 3. The molecule has 0 aliphatic rings. The molecule has 3 aromatic rings. The highest BCUT2D eigenvalue weighted by atomic mass is 35.5. The van der Waals surface area contributed by atoms with Crippen LogP contribution in [-0.4, -0.2) is 59.6 Å². The normalized spacial score (nSPS) is 10.4. The zero-order valence-electron chi connectivity index (χ0n) is 20.9. The molecule has 0 aliphatic heterocycles. The lowest BCUT2D eigenvalue weighted by Crippen LogP contribution is -2.25. The first-order chi connectivity index (χ1) is 18.3. The van der Waals surface area contributed by atoms with Crippen LogP contribution in [0.3, 0.4) is 0 Å². The number of thioether (sulfide) groups is 1. The highest BCUT2D eigenvalue weighted by Crippen LogP contribution is 2.28. The first kappa shape index (κ1) is 28.5. The summed E-state index contributed by atoms with van der Waals surface area (Å²) in [5.41, 5.74) is 0.926. The van der Waals surface area contributed by atoms with Crippen LogP contribution >= 0.6 is 23.4 Å². The highest BCUT2D eigenvalue weighted by Gasteiger charge is 2.17. The fourth-order valence-electron chi connectivity index (χ4n) is 3.29. The van der Waals surface area contributed by atoms with E-state index in [1.54, 1.807) is 28.8 Å². The number of esters is 1. The van der Waals surface area contributed by atoms with E-state index >= 15 is 0 Å². The van der Waals surface area contributed by atoms with E-state index in [1.807, 2.05) is 0 Å². The Balaban J connectivity index is 1.64. The van der Waals surface area contributed by atoms with E-state index in [4.69, 9.17) is 25.8 Å². The number of amides is 2. The number of benzene rings is 2. The minimum atomic E-state index is -0.546. The number of nitrogens with one attached hydrogen (secondary N) is 2. The molecule has 2 N–H and O–H groups in total. The first-order valence-corrected chi connectivity index (χ1v) is 12.5. The van der Waals surface area contributed by atoms with Crippen molar-refractivity contribution >= 4 is 46.8 Å². The van der Waals surface area contributed by atoms with E-state index in [1.165, 1.54) is 39.5 Å². The molecule has 1 heterocycles. The standard InChI is InChI=1S/C25H26ClN5O6S/c1-5-10-31-21(13-27-23(33)15-7-9-19(35-2)20(12-15)36-3)29-30-25(31)38-14-22(32)28-18-11-16(24(34)37-4)6-8-17(18)26/h5-9,11-12H,1,10,13-14H2,2-4H3,(H,27,33)(H,28,32). The Bertz CT molecular complexity index is 1350. The van der Waals surface area contributed by atoms with Crippen molar-refractivity contribution < 1.29 is 28.6 Å². The van der Waals surface area contributed by atoms with Gasteiger partial charge in [-0.25, -0.2) is 4.79 Å². The van der Waals surface area contributed by atoms with E-state index in [9.17, 15) is 14.4 Å². The Hall–Kier alpha value is -4.03. The summed E-state index contributed by atoms with van der Waals surface area (Å²) in [6, 6.07) is 9.29. The SMILES string of the molecule is C=CCn1c(CNC(=O)c2ccc(OC)c(OC)c2)nnc1SCC(=O)Nc1cc(C(=O)OC)ccc1Cl. The number of hydrogen-bond donors (Lipinski definition) is 2. The molecule has 2 amide bonds. The lowest BCUT2D eigenvalue weighted by molar-refractivity contribution is -0.113. The van der Waals surface area contributed by atoms with Gasteiger partial charge in [0, 0.05) is 12.1 Å². The molecule has 0 fully saturated rings. The first-order valence-electron chi connectivity index (χ1n) is 11.1. The van der Waals surface area contributed by atoms with Crippen LogP contribution < -0.4 is 20.1 Å². The summed E-state index contributed by atoms with van der Waals surface area (Å²) in [6.45, 7) is 4.22. The van der Waals surface area contributed by atoms with Gasteiger partial charge in [0.15, 0.2) is 22.5 Å². The lowest BCUT2D eigenvalue weighted by Gasteiger charge is -2.11. The van der Waals surface area contributed by atoms with E-state index < -0.39 is 5.97 Å². The summed E-state index contributed by atoms with van der Waals surface area (Å²) in [6.07, 6.45) is 1.66. The monoisotopic (exact) mass is 559 g/mol. The van der Waals surface area contributed by atoms with Crippen LogP contribution in [0.25, 0.3) is 0 Å². The van der Waals surface area contributed by atoms with E-state index in [0.717, 1.165) is 11.8 Å². The molecule has 0 unspecified atom stereocenters. The maximum absolute atomic E-state index is 12.7. The number of halogens is 1. The Morgan fingerprint density at radius 1 is 1.05 bits per heavy atom. The molecule has 0 saturated carbocycles.